The molecule has 3 aromatic carbocycles. The first kappa shape index (κ1) is 23.9. The van der Waals surface area contributed by atoms with Gasteiger partial charge in [-0.3, -0.25) is 9.59 Å². The Bertz CT molecular complexity index is 1230. The van der Waals surface area contributed by atoms with Crippen LogP contribution in [0.1, 0.15) is 11.1 Å². The van der Waals surface area contributed by atoms with Gasteiger partial charge < -0.3 is 15.4 Å². The van der Waals surface area contributed by atoms with Crippen LogP contribution < -0.4 is 15.4 Å². The molecule has 0 heterocycles. The van der Waals surface area contributed by atoms with Gasteiger partial charge >= 0.3 is 0 Å². The summed E-state index contributed by atoms with van der Waals surface area (Å²) < 4.78 is 5.50. The first-order chi connectivity index (χ1) is 15.9. The number of ether oxygens (including phenoxy) is 1. The van der Waals surface area contributed by atoms with Gasteiger partial charge in [-0.05, 0) is 60.5 Å². The number of nitrogens with zero attached hydrogens (tertiary/aromatic N) is 1. The lowest BCUT2D eigenvalue weighted by Gasteiger charge is -2.12. The molecule has 3 rings (SSSR count). The minimum atomic E-state index is -0.566. The molecular weight excluding hydrogens is 461 g/mol. The second-order valence-corrected chi connectivity index (χ2v) is 7.82. The summed E-state index contributed by atoms with van der Waals surface area (Å²) in [6.07, 6.45) is 1.37. The Hall–Kier alpha value is -3.79. The van der Waals surface area contributed by atoms with E-state index in [-0.39, 0.29) is 33.9 Å². The fourth-order valence-corrected chi connectivity index (χ4v) is 3.51. The van der Waals surface area contributed by atoms with Crippen LogP contribution in [0.5, 0.6) is 5.75 Å². The monoisotopic (exact) mass is 479 g/mol. The predicted octanol–water partition coefficient (Wildman–Crippen LogP) is 5.87. The first-order valence-corrected chi connectivity index (χ1v) is 10.6. The summed E-state index contributed by atoms with van der Waals surface area (Å²) in [4.78, 5) is 24.6. The number of rotatable bonds is 7. The Morgan fingerprint density at radius 1 is 0.970 bits per heavy atom. The maximum atomic E-state index is 12.4. The van der Waals surface area contributed by atoms with Crippen LogP contribution in [0.2, 0.25) is 10.0 Å². The number of aryl methyl sites for hydroxylation is 1. The molecule has 0 aromatic heterocycles. The minimum Gasteiger partial charge on any atom is -0.481 e. The summed E-state index contributed by atoms with van der Waals surface area (Å²) in [5.74, 6) is -0.813. The molecule has 0 aliphatic heterocycles. The maximum absolute atomic E-state index is 12.4. The molecule has 8 heteroatoms. The lowest BCUT2D eigenvalue weighted by Crippen LogP contribution is -2.20. The molecule has 2 amide bonds. The Balaban J connectivity index is 1.69. The van der Waals surface area contributed by atoms with Crippen LogP contribution in [0.4, 0.5) is 11.4 Å². The molecule has 0 saturated heterocycles. The standard InChI is InChI=1S/C25H19Cl2N3O3/c1-16-6-5-9-20(10-16)29-23(31)15-33-24-21(26)12-17(13-22(24)27)11-18(14-28)25(32)30-19-7-3-2-4-8-19/h2-13H,15H2,1H3,(H,29,31)(H,30,32)/b18-11+. The zero-order valence-electron chi connectivity index (χ0n) is 17.6. The van der Waals surface area contributed by atoms with Crippen molar-refractivity contribution in [3.8, 4) is 11.8 Å². The maximum Gasteiger partial charge on any atom is 0.266 e. The van der Waals surface area contributed by atoms with Crippen LogP contribution >= 0.6 is 23.2 Å². The van der Waals surface area contributed by atoms with Gasteiger partial charge in [-0.15, -0.1) is 0 Å². The fraction of sp³-hybridized carbons (Fsp3) is 0.0800. The van der Waals surface area contributed by atoms with Crippen LogP contribution in [0.25, 0.3) is 6.08 Å². The molecule has 0 fully saturated rings. The summed E-state index contributed by atoms with van der Waals surface area (Å²) in [6, 6.07) is 21.0. The van der Waals surface area contributed by atoms with Crippen molar-refractivity contribution in [1.29, 1.82) is 5.26 Å². The molecule has 3 aromatic rings. The van der Waals surface area contributed by atoms with Crippen molar-refractivity contribution in [3.63, 3.8) is 0 Å². The molecule has 166 valence electrons. The molecule has 0 aliphatic rings. The number of para-hydroxylation sites is 1. The van der Waals surface area contributed by atoms with Crippen LogP contribution in [0.3, 0.4) is 0 Å². The Morgan fingerprint density at radius 2 is 1.64 bits per heavy atom. The van der Waals surface area contributed by atoms with E-state index >= 15 is 0 Å². The van der Waals surface area contributed by atoms with E-state index in [1.54, 1.807) is 30.3 Å². The van der Waals surface area contributed by atoms with Crippen LogP contribution in [0.15, 0.2) is 72.3 Å². The lowest BCUT2D eigenvalue weighted by atomic mass is 10.1. The Morgan fingerprint density at radius 3 is 2.27 bits per heavy atom. The summed E-state index contributed by atoms with van der Waals surface area (Å²) in [5, 5.41) is 15.0. The van der Waals surface area contributed by atoms with Crippen LogP contribution in [0, 0.1) is 18.3 Å². The van der Waals surface area contributed by atoms with Crippen molar-refractivity contribution in [2.75, 3.05) is 17.2 Å². The highest BCUT2D eigenvalue weighted by Gasteiger charge is 2.14. The highest BCUT2D eigenvalue weighted by atomic mass is 35.5. The van der Waals surface area contributed by atoms with E-state index < -0.39 is 5.91 Å². The molecule has 0 bridgehead atoms. The Labute approximate surface area is 201 Å². The summed E-state index contributed by atoms with van der Waals surface area (Å²) in [5.41, 5.74) is 2.53. The topological polar surface area (TPSA) is 91.2 Å². The molecule has 0 saturated carbocycles. The van der Waals surface area contributed by atoms with Gasteiger partial charge in [0.1, 0.15) is 11.6 Å². The van der Waals surface area contributed by atoms with Crippen molar-refractivity contribution in [2.45, 2.75) is 6.92 Å². The SMILES string of the molecule is Cc1cccc(NC(=O)COc2c(Cl)cc(/C=C(\C#N)C(=O)Nc3ccccc3)cc2Cl)c1. The van der Waals surface area contributed by atoms with E-state index in [0.29, 0.717) is 16.9 Å². The first-order valence-electron chi connectivity index (χ1n) is 9.82. The number of amides is 2. The van der Waals surface area contributed by atoms with E-state index in [2.05, 4.69) is 10.6 Å². The molecule has 6 nitrogen and oxygen atoms in total. The van der Waals surface area contributed by atoms with E-state index in [9.17, 15) is 14.9 Å². The molecule has 2 N–H and O–H groups in total. The van der Waals surface area contributed by atoms with Gasteiger partial charge in [0.2, 0.25) is 0 Å². The van der Waals surface area contributed by atoms with Gasteiger partial charge in [-0.2, -0.15) is 5.26 Å². The fourth-order valence-electron chi connectivity index (χ4n) is 2.89. The molecule has 0 unspecified atom stereocenters. The number of carbonyl (C=O) groups excluding carboxylic acids is 2. The van der Waals surface area contributed by atoms with Gasteiger partial charge in [0.25, 0.3) is 11.8 Å². The van der Waals surface area contributed by atoms with Crippen molar-refractivity contribution >= 4 is 52.5 Å². The zero-order chi connectivity index (χ0) is 23.8. The van der Waals surface area contributed by atoms with Gasteiger partial charge in [0, 0.05) is 11.4 Å². The van der Waals surface area contributed by atoms with Crippen molar-refractivity contribution in [1.82, 2.24) is 0 Å². The second-order valence-electron chi connectivity index (χ2n) is 7.01. The number of nitriles is 1. The van der Waals surface area contributed by atoms with Crippen molar-refractivity contribution in [3.05, 3.63) is 93.5 Å². The summed E-state index contributed by atoms with van der Waals surface area (Å²) >= 11 is 12.6. The van der Waals surface area contributed by atoms with Crippen molar-refractivity contribution < 1.29 is 14.3 Å². The third-order valence-electron chi connectivity index (χ3n) is 4.38. The molecule has 0 atom stereocenters. The van der Waals surface area contributed by atoms with E-state index in [1.807, 2.05) is 37.3 Å². The second kappa shape index (κ2) is 11.2. The quantitative estimate of drug-likeness (QED) is 0.327. The zero-order valence-corrected chi connectivity index (χ0v) is 19.1. The van der Waals surface area contributed by atoms with Gasteiger partial charge in [0.15, 0.2) is 12.4 Å². The summed E-state index contributed by atoms with van der Waals surface area (Å²) in [7, 11) is 0. The number of anilines is 2. The molecule has 0 spiro atoms. The van der Waals surface area contributed by atoms with Gasteiger partial charge in [0.05, 0.1) is 10.0 Å². The molecule has 0 radical (unpaired) electrons. The third kappa shape index (κ3) is 6.84. The Kier molecular flexibility index (Phi) is 8.09. The smallest absolute Gasteiger partial charge is 0.266 e. The van der Waals surface area contributed by atoms with Gasteiger partial charge in [-0.1, -0.05) is 53.5 Å². The largest absolute Gasteiger partial charge is 0.481 e. The van der Waals surface area contributed by atoms with Crippen LogP contribution in [-0.2, 0) is 9.59 Å². The number of benzene rings is 3. The third-order valence-corrected chi connectivity index (χ3v) is 4.94. The van der Waals surface area contributed by atoms with E-state index in [0.717, 1.165) is 5.56 Å². The van der Waals surface area contributed by atoms with Gasteiger partial charge in [-0.25, -0.2) is 0 Å². The predicted molar refractivity (Wildman–Crippen MR) is 130 cm³/mol. The lowest BCUT2D eigenvalue weighted by molar-refractivity contribution is -0.118. The minimum absolute atomic E-state index is 0.127. The number of halogens is 2. The number of carbonyl (C=O) groups is 2. The van der Waals surface area contributed by atoms with E-state index in [4.69, 9.17) is 27.9 Å². The highest BCUT2D eigenvalue weighted by Crippen LogP contribution is 2.35. The van der Waals surface area contributed by atoms with Crippen LogP contribution in [-0.4, -0.2) is 18.4 Å². The molecule has 0 aliphatic carbocycles. The van der Waals surface area contributed by atoms with Crippen molar-refractivity contribution in [2.24, 2.45) is 0 Å². The van der Waals surface area contributed by atoms with E-state index in [1.165, 1.54) is 18.2 Å². The number of hydrogen-bond donors (Lipinski definition) is 2. The highest BCUT2D eigenvalue weighted by molar-refractivity contribution is 6.37. The normalized spacial score (nSPS) is 10.8. The average Bonchev–Trinajstić information content (AvgIpc) is 2.77. The molecular formula is C25H19Cl2N3O3. The number of nitrogens with one attached hydrogen (secondary N) is 2. The molecule has 33 heavy (non-hydrogen) atoms. The number of hydrogen-bond acceptors (Lipinski definition) is 4. The average molecular weight is 480 g/mol. The summed E-state index contributed by atoms with van der Waals surface area (Å²) in [6.45, 7) is 1.62.